The van der Waals surface area contributed by atoms with Gasteiger partial charge in [-0.25, -0.2) is 8.78 Å². The van der Waals surface area contributed by atoms with Gasteiger partial charge < -0.3 is 10.2 Å². The van der Waals surface area contributed by atoms with Gasteiger partial charge in [-0.2, -0.15) is 26.3 Å². The lowest BCUT2D eigenvalue weighted by atomic mass is 9.79. The highest BCUT2D eigenvalue weighted by atomic mass is 19.4. The Balaban J connectivity index is 1.96. The number of aromatic nitrogens is 1. The molecular formula is C28H20F8N2O2. The summed E-state index contributed by atoms with van der Waals surface area (Å²) in [5.74, 6) is -3.47. The third-order valence-corrected chi connectivity index (χ3v) is 6.26. The first-order chi connectivity index (χ1) is 18.7. The van der Waals surface area contributed by atoms with Crippen molar-refractivity contribution in [3.63, 3.8) is 0 Å². The summed E-state index contributed by atoms with van der Waals surface area (Å²) in [4.78, 5) is 4.12. The SMILES string of the molecule is Oc1ccc(C(Cc2ccccc2)(NC(O)c2ccc(F)c(C(F)(F)F)c2)c2ccc(F)c(C(F)(F)F)c2)nc1. The van der Waals surface area contributed by atoms with Crippen LogP contribution in [0.3, 0.4) is 0 Å². The Labute approximate surface area is 222 Å². The smallest absolute Gasteiger partial charge is 0.419 e. The Morgan fingerprint density at radius 3 is 1.93 bits per heavy atom. The summed E-state index contributed by atoms with van der Waals surface area (Å²) in [5.41, 5.74) is -5.50. The summed E-state index contributed by atoms with van der Waals surface area (Å²) < 4.78 is 109. The number of nitrogens with one attached hydrogen (secondary N) is 1. The molecule has 0 saturated carbocycles. The molecule has 0 aliphatic rings. The molecule has 0 saturated heterocycles. The molecular weight excluding hydrogens is 548 g/mol. The molecule has 4 aromatic rings. The van der Waals surface area contributed by atoms with Crippen LogP contribution in [0.1, 0.15) is 39.7 Å². The van der Waals surface area contributed by atoms with Crippen LogP contribution in [0.15, 0.2) is 85.1 Å². The number of benzene rings is 3. The highest BCUT2D eigenvalue weighted by molar-refractivity contribution is 5.42. The fourth-order valence-corrected chi connectivity index (χ4v) is 4.34. The maximum Gasteiger partial charge on any atom is 0.419 e. The highest BCUT2D eigenvalue weighted by Gasteiger charge is 2.42. The molecule has 0 aliphatic carbocycles. The minimum Gasteiger partial charge on any atom is -0.506 e. The van der Waals surface area contributed by atoms with Gasteiger partial charge in [0.15, 0.2) is 0 Å². The van der Waals surface area contributed by atoms with Gasteiger partial charge in [-0.3, -0.25) is 10.3 Å². The van der Waals surface area contributed by atoms with Crippen molar-refractivity contribution in [2.24, 2.45) is 0 Å². The van der Waals surface area contributed by atoms with Crippen LogP contribution in [-0.4, -0.2) is 15.2 Å². The highest BCUT2D eigenvalue weighted by Crippen LogP contribution is 2.40. The van der Waals surface area contributed by atoms with E-state index in [-0.39, 0.29) is 23.4 Å². The molecule has 12 heteroatoms. The third kappa shape index (κ3) is 6.07. The summed E-state index contributed by atoms with van der Waals surface area (Å²) >= 11 is 0. The van der Waals surface area contributed by atoms with Crippen LogP contribution >= 0.6 is 0 Å². The standard InChI is InChI=1S/C28H20F8N2O2/c29-22-9-6-17(12-20(22)27(31,32)33)25(40)38-26(14-16-4-2-1-3-5-16,24-11-8-19(39)15-37-24)18-7-10-23(30)21(13-18)28(34,35)36/h1-13,15,25,38-40H,14H2. The zero-order chi connectivity index (χ0) is 29.3. The van der Waals surface area contributed by atoms with Crippen molar-refractivity contribution in [1.82, 2.24) is 10.3 Å². The Morgan fingerprint density at radius 1 is 0.750 bits per heavy atom. The number of alkyl halides is 6. The molecule has 40 heavy (non-hydrogen) atoms. The van der Waals surface area contributed by atoms with Gasteiger partial charge in [-0.15, -0.1) is 0 Å². The number of aliphatic hydroxyl groups excluding tert-OH is 1. The summed E-state index contributed by atoms with van der Waals surface area (Å²) in [7, 11) is 0. The molecule has 210 valence electrons. The second kappa shape index (κ2) is 10.9. The van der Waals surface area contributed by atoms with Gasteiger partial charge in [0.2, 0.25) is 0 Å². The summed E-state index contributed by atoms with van der Waals surface area (Å²) in [6.07, 6.45) is -11.5. The molecule has 3 N–H and O–H groups in total. The number of hydrogen-bond acceptors (Lipinski definition) is 4. The van der Waals surface area contributed by atoms with Crippen LogP contribution in [-0.2, 0) is 24.3 Å². The number of halogens is 8. The van der Waals surface area contributed by atoms with Crippen LogP contribution in [0.25, 0.3) is 0 Å². The van der Waals surface area contributed by atoms with Crippen molar-refractivity contribution >= 4 is 0 Å². The Morgan fingerprint density at radius 2 is 1.35 bits per heavy atom. The van der Waals surface area contributed by atoms with Gasteiger partial charge in [0.25, 0.3) is 0 Å². The average molecular weight is 568 g/mol. The Hall–Kier alpha value is -4.03. The van der Waals surface area contributed by atoms with E-state index >= 15 is 0 Å². The molecule has 1 aromatic heterocycles. The first-order valence-corrected chi connectivity index (χ1v) is 11.6. The Kier molecular flexibility index (Phi) is 7.86. The normalized spacial score (nSPS) is 14.5. The molecule has 0 amide bonds. The zero-order valence-electron chi connectivity index (χ0n) is 20.2. The van der Waals surface area contributed by atoms with E-state index in [0.29, 0.717) is 29.8 Å². The van der Waals surface area contributed by atoms with Crippen LogP contribution in [0, 0.1) is 11.6 Å². The molecule has 1 heterocycles. The van der Waals surface area contributed by atoms with Crippen molar-refractivity contribution < 1.29 is 45.3 Å². The fourth-order valence-electron chi connectivity index (χ4n) is 4.34. The molecule has 4 nitrogen and oxygen atoms in total. The summed E-state index contributed by atoms with van der Waals surface area (Å²) in [5, 5.41) is 23.6. The maximum absolute atomic E-state index is 14.3. The number of rotatable bonds is 7. The van der Waals surface area contributed by atoms with E-state index in [9.17, 15) is 45.3 Å². The molecule has 3 aromatic carbocycles. The molecule has 0 fully saturated rings. The topological polar surface area (TPSA) is 65.4 Å². The molecule has 2 unspecified atom stereocenters. The second-order valence-electron chi connectivity index (χ2n) is 8.95. The van der Waals surface area contributed by atoms with Crippen LogP contribution in [0.4, 0.5) is 35.1 Å². The van der Waals surface area contributed by atoms with E-state index in [1.165, 1.54) is 12.1 Å². The van der Waals surface area contributed by atoms with Crippen molar-refractivity contribution in [3.05, 3.63) is 130 Å². The minimum atomic E-state index is -5.11. The van der Waals surface area contributed by atoms with Crippen molar-refractivity contribution in [3.8, 4) is 5.75 Å². The van der Waals surface area contributed by atoms with Crippen molar-refractivity contribution in [1.29, 1.82) is 0 Å². The Bertz CT molecular complexity index is 1470. The molecule has 2 atom stereocenters. The molecule has 4 rings (SSSR count). The lowest BCUT2D eigenvalue weighted by Gasteiger charge is -2.38. The van der Waals surface area contributed by atoms with Crippen molar-refractivity contribution in [2.75, 3.05) is 0 Å². The van der Waals surface area contributed by atoms with E-state index in [4.69, 9.17) is 0 Å². The van der Waals surface area contributed by atoms with Gasteiger partial charge >= 0.3 is 12.4 Å². The van der Waals surface area contributed by atoms with Gasteiger partial charge in [0.1, 0.15) is 23.6 Å². The summed E-state index contributed by atoms with van der Waals surface area (Å²) in [6.45, 7) is 0. The second-order valence-corrected chi connectivity index (χ2v) is 8.95. The lowest BCUT2D eigenvalue weighted by molar-refractivity contribution is -0.140. The fraction of sp³-hybridized carbons (Fsp3) is 0.179. The minimum absolute atomic E-state index is 0.0638. The van der Waals surface area contributed by atoms with E-state index in [1.54, 1.807) is 30.3 Å². The third-order valence-electron chi connectivity index (χ3n) is 6.26. The molecule has 0 spiro atoms. The van der Waals surface area contributed by atoms with E-state index in [1.807, 2.05) is 0 Å². The van der Waals surface area contributed by atoms with Gasteiger partial charge in [0.05, 0.1) is 28.6 Å². The largest absolute Gasteiger partial charge is 0.506 e. The first-order valence-electron chi connectivity index (χ1n) is 11.6. The zero-order valence-corrected chi connectivity index (χ0v) is 20.2. The predicted octanol–water partition coefficient (Wildman–Crippen LogP) is 6.87. The van der Waals surface area contributed by atoms with Crippen LogP contribution in [0.2, 0.25) is 0 Å². The number of pyridine rings is 1. The van der Waals surface area contributed by atoms with E-state index < -0.39 is 52.4 Å². The number of hydrogen-bond donors (Lipinski definition) is 3. The van der Waals surface area contributed by atoms with E-state index in [2.05, 4.69) is 10.3 Å². The maximum atomic E-state index is 14.3. The van der Waals surface area contributed by atoms with Crippen molar-refractivity contribution in [2.45, 2.75) is 30.5 Å². The summed E-state index contributed by atoms with van der Waals surface area (Å²) in [6, 6.07) is 14.4. The quantitative estimate of drug-likeness (QED) is 0.168. The number of nitrogens with zero attached hydrogens (tertiary/aromatic N) is 1. The lowest BCUT2D eigenvalue weighted by Crippen LogP contribution is -2.48. The van der Waals surface area contributed by atoms with Gasteiger partial charge in [0, 0.05) is 6.42 Å². The molecule has 0 radical (unpaired) electrons. The number of aromatic hydroxyl groups is 1. The van der Waals surface area contributed by atoms with Crippen LogP contribution < -0.4 is 5.32 Å². The number of aliphatic hydroxyl groups is 1. The van der Waals surface area contributed by atoms with E-state index in [0.717, 1.165) is 18.3 Å². The molecule has 0 bridgehead atoms. The van der Waals surface area contributed by atoms with Gasteiger partial charge in [-0.05, 0) is 53.1 Å². The average Bonchev–Trinajstić information content (AvgIpc) is 2.88. The van der Waals surface area contributed by atoms with Gasteiger partial charge in [-0.1, -0.05) is 42.5 Å². The first kappa shape index (κ1) is 29.0. The molecule has 0 aliphatic heterocycles. The van der Waals surface area contributed by atoms with Crippen LogP contribution in [0.5, 0.6) is 5.75 Å². The predicted molar refractivity (Wildman–Crippen MR) is 128 cm³/mol. The monoisotopic (exact) mass is 568 g/mol.